The maximum absolute atomic E-state index is 14.3. The minimum Gasteiger partial charge on any atom is -0.497 e. The molecule has 3 aromatic rings. The summed E-state index contributed by atoms with van der Waals surface area (Å²) in [5.74, 6) is -0.899. The molecule has 2 fully saturated rings. The maximum Gasteiger partial charge on any atom is 0.435 e. The fraction of sp³-hybridized carbons (Fsp3) is 0.455. The van der Waals surface area contributed by atoms with Gasteiger partial charge in [-0.1, -0.05) is 0 Å². The number of ether oxygens (including phenoxy) is 1. The van der Waals surface area contributed by atoms with Gasteiger partial charge in [0.15, 0.2) is 5.69 Å². The van der Waals surface area contributed by atoms with Crippen molar-refractivity contribution in [3.05, 3.63) is 70.5 Å². The zero-order valence-corrected chi connectivity index (χ0v) is 26.1. The van der Waals surface area contributed by atoms with Crippen LogP contribution in [0.2, 0.25) is 0 Å². The van der Waals surface area contributed by atoms with Crippen LogP contribution in [0.5, 0.6) is 5.75 Å². The van der Waals surface area contributed by atoms with E-state index in [0.717, 1.165) is 30.6 Å². The molecule has 0 unspecified atom stereocenters. The normalized spacial score (nSPS) is 17.7. The lowest BCUT2D eigenvalue weighted by Crippen LogP contribution is -2.46. The van der Waals surface area contributed by atoms with Crippen molar-refractivity contribution in [3.63, 3.8) is 0 Å². The van der Waals surface area contributed by atoms with Crippen LogP contribution in [0.15, 0.2) is 42.5 Å². The Bertz CT molecular complexity index is 1640. The number of carbonyl (C=O) groups excluding carboxylic acids is 3. The summed E-state index contributed by atoms with van der Waals surface area (Å²) in [6.07, 6.45) is -0.937. The Morgan fingerprint density at radius 3 is 2.24 bits per heavy atom. The minimum atomic E-state index is -4.82. The highest BCUT2D eigenvalue weighted by Gasteiger charge is 2.44. The molecule has 0 radical (unpaired) electrons. The number of fused-ring (bicyclic) bond motifs is 1. The summed E-state index contributed by atoms with van der Waals surface area (Å²) < 4.78 is 49.4. The molecule has 0 spiro atoms. The molecule has 2 saturated heterocycles. The van der Waals surface area contributed by atoms with E-state index in [2.05, 4.69) is 10.00 Å². The van der Waals surface area contributed by atoms with Gasteiger partial charge in [-0.3, -0.25) is 14.4 Å². The van der Waals surface area contributed by atoms with E-state index < -0.39 is 17.8 Å². The van der Waals surface area contributed by atoms with Crippen LogP contribution >= 0.6 is 0 Å². The number of methoxy groups -OCH3 is 1. The predicted octanol–water partition coefficient (Wildman–Crippen LogP) is 4.50. The second kappa shape index (κ2) is 12.4. The highest BCUT2D eigenvalue weighted by atomic mass is 19.4. The summed E-state index contributed by atoms with van der Waals surface area (Å²) in [6.45, 7) is 3.14. The average molecular weight is 639 g/mol. The SMILES string of the molecule is COc1ccc(-n2nc(C(F)(F)F)c3c2C(=O)N(c2ccc(C(=O)N(C)C)cc2)CC3)c(C(=O)N2CCC(N3CCCC3)CC2)c1. The van der Waals surface area contributed by atoms with E-state index >= 15 is 0 Å². The number of nitrogens with zero attached hydrogens (tertiary/aromatic N) is 6. The number of halogens is 3. The Morgan fingerprint density at radius 2 is 1.63 bits per heavy atom. The number of benzene rings is 2. The van der Waals surface area contributed by atoms with Crippen molar-refractivity contribution in [2.75, 3.05) is 58.8 Å². The molecule has 1 aromatic heterocycles. The molecule has 10 nitrogen and oxygen atoms in total. The smallest absolute Gasteiger partial charge is 0.435 e. The van der Waals surface area contributed by atoms with Gasteiger partial charge in [0.25, 0.3) is 17.7 Å². The monoisotopic (exact) mass is 638 g/mol. The first kappa shape index (κ1) is 31.6. The van der Waals surface area contributed by atoms with Gasteiger partial charge in [-0.25, -0.2) is 4.68 Å². The van der Waals surface area contributed by atoms with E-state index in [1.54, 1.807) is 49.3 Å². The number of hydrogen-bond donors (Lipinski definition) is 0. The first-order valence-corrected chi connectivity index (χ1v) is 15.5. The van der Waals surface area contributed by atoms with E-state index in [1.165, 1.54) is 41.9 Å². The highest BCUT2D eigenvalue weighted by Crippen LogP contribution is 2.38. The quantitative estimate of drug-likeness (QED) is 0.395. The van der Waals surface area contributed by atoms with E-state index in [1.807, 2.05) is 0 Å². The van der Waals surface area contributed by atoms with E-state index in [4.69, 9.17) is 4.74 Å². The van der Waals surface area contributed by atoms with Gasteiger partial charge in [0, 0.05) is 56.6 Å². The van der Waals surface area contributed by atoms with Crippen LogP contribution in [0.1, 0.15) is 68.1 Å². The number of carbonyl (C=O) groups is 3. The van der Waals surface area contributed by atoms with Crippen molar-refractivity contribution in [3.8, 4) is 11.4 Å². The van der Waals surface area contributed by atoms with Crippen LogP contribution in [0.25, 0.3) is 5.69 Å². The van der Waals surface area contributed by atoms with Crippen molar-refractivity contribution in [1.29, 1.82) is 0 Å². The molecule has 6 rings (SSSR count). The molecular weight excluding hydrogens is 601 g/mol. The Labute approximate surface area is 265 Å². The molecule has 244 valence electrons. The Hall–Kier alpha value is -4.39. The van der Waals surface area contributed by atoms with Crippen LogP contribution in [0.4, 0.5) is 18.9 Å². The van der Waals surface area contributed by atoms with E-state index in [0.29, 0.717) is 36.1 Å². The van der Waals surface area contributed by atoms with Crippen LogP contribution in [0.3, 0.4) is 0 Å². The molecule has 3 amide bonds. The van der Waals surface area contributed by atoms with Crippen molar-refractivity contribution in [2.24, 2.45) is 0 Å². The Balaban J connectivity index is 1.37. The van der Waals surface area contributed by atoms with Gasteiger partial charge in [0.2, 0.25) is 0 Å². The molecule has 0 saturated carbocycles. The van der Waals surface area contributed by atoms with Crippen molar-refractivity contribution in [2.45, 2.75) is 44.3 Å². The first-order valence-electron chi connectivity index (χ1n) is 15.5. The molecule has 13 heteroatoms. The average Bonchev–Trinajstić information content (AvgIpc) is 3.74. The van der Waals surface area contributed by atoms with Crippen LogP contribution in [0, 0.1) is 0 Å². The van der Waals surface area contributed by atoms with Gasteiger partial charge in [-0.15, -0.1) is 0 Å². The van der Waals surface area contributed by atoms with Crippen molar-refractivity contribution >= 4 is 23.4 Å². The third-order valence-electron chi connectivity index (χ3n) is 9.19. The molecule has 0 bridgehead atoms. The van der Waals surface area contributed by atoms with Crippen molar-refractivity contribution < 1.29 is 32.3 Å². The largest absolute Gasteiger partial charge is 0.497 e. The van der Waals surface area contributed by atoms with Gasteiger partial charge in [0.05, 0.1) is 18.4 Å². The number of aromatic nitrogens is 2. The summed E-state index contributed by atoms with van der Waals surface area (Å²) in [7, 11) is 4.70. The summed E-state index contributed by atoms with van der Waals surface area (Å²) in [5.41, 5.74) is -0.597. The summed E-state index contributed by atoms with van der Waals surface area (Å²) in [6, 6.07) is 11.3. The second-order valence-electron chi connectivity index (χ2n) is 12.2. The first-order chi connectivity index (χ1) is 22.0. The summed E-state index contributed by atoms with van der Waals surface area (Å²) >= 11 is 0. The third kappa shape index (κ3) is 5.83. The number of likely N-dealkylation sites (tertiary alicyclic amines) is 2. The molecular formula is C33H37F3N6O4. The predicted molar refractivity (Wildman–Crippen MR) is 165 cm³/mol. The molecule has 3 aliphatic rings. The van der Waals surface area contributed by atoms with E-state index in [-0.39, 0.29) is 47.3 Å². The van der Waals surface area contributed by atoms with Gasteiger partial charge in [-0.05, 0) is 87.7 Å². The molecule has 46 heavy (non-hydrogen) atoms. The third-order valence-corrected chi connectivity index (χ3v) is 9.19. The lowest BCUT2D eigenvalue weighted by molar-refractivity contribution is -0.141. The Kier molecular flexibility index (Phi) is 8.53. The molecule has 2 aromatic carbocycles. The maximum atomic E-state index is 14.3. The molecule has 4 heterocycles. The zero-order valence-electron chi connectivity index (χ0n) is 26.1. The standard InChI is InChI=1S/C33H37F3N6O4/c1-38(2)30(43)21-6-8-23(9-7-21)41-19-14-25-28(32(41)45)42(37-29(25)33(34,35)36)27-11-10-24(46-3)20-26(27)31(44)40-17-12-22(13-18-40)39-15-4-5-16-39/h6-11,20,22H,4-5,12-19H2,1-3H3. The molecule has 0 atom stereocenters. The lowest BCUT2D eigenvalue weighted by Gasteiger charge is -2.37. The van der Waals surface area contributed by atoms with Gasteiger partial charge < -0.3 is 24.3 Å². The highest BCUT2D eigenvalue weighted by molar-refractivity contribution is 6.08. The summed E-state index contributed by atoms with van der Waals surface area (Å²) in [5, 5.41) is 3.95. The fourth-order valence-electron chi connectivity index (χ4n) is 6.76. The number of alkyl halides is 3. The minimum absolute atomic E-state index is 0.0120. The zero-order chi connectivity index (χ0) is 32.7. The van der Waals surface area contributed by atoms with Crippen LogP contribution in [-0.2, 0) is 12.6 Å². The topological polar surface area (TPSA) is 91.2 Å². The second-order valence-corrected chi connectivity index (χ2v) is 12.2. The number of piperidine rings is 1. The number of anilines is 1. The van der Waals surface area contributed by atoms with Gasteiger partial charge in [-0.2, -0.15) is 18.3 Å². The number of amides is 3. The van der Waals surface area contributed by atoms with Gasteiger partial charge in [0.1, 0.15) is 11.4 Å². The lowest BCUT2D eigenvalue weighted by atomic mass is 10.0. The molecule has 0 aliphatic carbocycles. The van der Waals surface area contributed by atoms with Crippen molar-refractivity contribution in [1.82, 2.24) is 24.5 Å². The summed E-state index contributed by atoms with van der Waals surface area (Å²) in [4.78, 5) is 47.4. The fourth-order valence-corrected chi connectivity index (χ4v) is 6.76. The van der Waals surface area contributed by atoms with Gasteiger partial charge >= 0.3 is 6.18 Å². The molecule has 0 N–H and O–H groups in total. The number of hydrogen-bond acceptors (Lipinski definition) is 6. The van der Waals surface area contributed by atoms with Crippen LogP contribution < -0.4 is 9.64 Å². The van der Waals surface area contributed by atoms with Crippen LogP contribution in [-0.4, -0.2) is 102 Å². The Morgan fingerprint density at radius 1 is 0.957 bits per heavy atom. The molecule has 3 aliphatic heterocycles. The number of rotatable bonds is 6. The van der Waals surface area contributed by atoms with E-state index in [9.17, 15) is 27.6 Å².